The number of amides is 1. The minimum atomic E-state index is -1.01. The molecule has 7 heteroatoms. The van der Waals surface area contributed by atoms with Crippen molar-refractivity contribution >= 4 is 38.3 Å². The molecule has 1 heterocycles. The fraction of sp³-hybridized carbons (Fsp3) is 0.909. The van der Waals surface area contributed by atoms with Gasteiger partial charge in [0.05, 0.1) is 0 Å². The van der Waals surface area contributed by atoms with Crippen molar-refractivity contribution in [2.75, 3.05) is 12.4 Å². The first-order chi connectivity index (χ1) is 8.60. The van der Waals surface area contributed by atoms with Gasteiger partial charge in [-0.1, -0.05) is 0 Å². The van der Waals surface area contributed by atoms with E-state index < -0.39 is 12.3 Å². The Hall–Kier alpha value is 0.648. The van der Waals surface area contributed by atoms with Crippen LogP contribution in [0.3, 0.4) is 0 Å². The molecule has 1 aliphatic heterocycles. The molecule has 0 aromatic rings. The molecule has 5 unspecified atom stereocenters. The normalized spacial score (nSPS) is 40.7. The Labute approximate surface area is 119 Å². The fourth-order valence-corrected chi connectivity index (χ4v) is 20.4. The van der Waals surface area contributed by atoms with Crippen LogP contribution in [0.4, 0.5) is 0 Å². The van der Waals surface area contributed by atoms with E-state index in [1.165, 1.54) is 6.92 Å². The first-order valence-electron chi connectivity index (χ1n) is 6.25. The summed E-state index contributed by atoms with van der Waals surface area (Å²) in [5.74, 6) is 1.02. The van der Waals surface area contributed by atoms with E-state index in [9.17, 15) is 15.0 Å². The van der Waals surface area contributed by atoms with Crippen LogP contribution in [0.1, 0.15) is 26.2 Å². The van der Waals surface area contributed by atoms with Gasteiger partial charge in [0.15, 0.2) is 0 Å². The second kappa shape index (κ2) is 6.89. The number of hydrogen-bond donors (Lipinski definition) is 3. The molecule has 2 fully saturated rings. The van der Waals surface area contributed by atoms with E-state index in [0.29, 0.717) is 9.96 Å². The Bertz CT molecular complexity index is 308. The van der Waals surface area contributed by atoms with Gasteiger partial charge in [-0.2, -0.15) is 0 Å². The van der Waals surface area contributed by atoms with Gasteiger partial charge in [0.2, 0.25) is 0 Å². The SMILES string of the molecule is CC(=O)NC1CC([As]2SCC(CO)S2)CCC1O. The number of carbonyl (C=O) groups excluding carboxylic acids is 1. The second-order valence-corrected chi connectivity index (χ2v) is 17.3. The molecular formula is C11H20AsNO3S2. The molecule has 18 heavy (non-hydrogen) atoms. The van der Waals surface area contributed by atoms with Gasteiger partial charge in [0, 0.05) is 0 Å². The molecule has 4 nitrogen and oxygen atoms in total. The average molecular weight is 353 g/mol. The van der Waals surface area contributed by atoms with Gasteiger partial charge in [0.25, 0.3) is 0 Å². The summed E-state index contributed by atoms with van der Waals surface area (Å²) >= 11 is -1.01. The zero-order valence-corrected chi connectivity index (χ0v) is 13.9. The van der Waals surface area contributed by atoms with Gasteiger partial charge in [-0.15, -0.1) is 0 Å². The summed E-state index contributed by atoms with van der Waals surface area (Å²) in [5, 5.41) is 22.4. The molecular weight excluding hydrogens is 333 g/mol. The van der Waals surface area contributed by atoms with Gasteiger partial charge in [-0.05, 0) is 0 Å². The van der Waals surface area contributed by atoms with Crippen LogP contribution in [-0.4, -0.2) is 58.2 Å². The fourth-order valence-electron chi connectivity index (χ4n) is 2.38. The quantitative estimate of drug-likeness (QED) is 0.653. The Kier molecular flexibility index (Phi) is 5.76. The molecule has 0 aromatic carbocycles. The Morgan fingerprint density at radius 1 is 1.50 bits per heavy atom. The van der Waals surface area contributed by atoms with E-state index in [4.69, 9.17) is 0 Å². The van der Waals surface area contributed by atoms with Gasteiger partial charge in [-0.3, -0.25) is 0 Å². The summed E-state index contributed by atoms with van der Waals surface area (Å²) in [4.78, 5) is 11.1. The van der Waals surface area contributed by atoms with Crippen LogP contribution in [0.15, 0.2) is 0 Å². The standard InChI is InChI=1S/C11H20AsNO3S2/c1-7(15)13-10-4-8(2-3-11(10)16)12-17-6-9(5-14)18-12/h8-11,14,16H,2-6H2,1H3,(H,13,15). The Balaban J connectivity index is 1.89. The van der Waals surface area contributed by atoms with Crippen molar-refractivity contribution in [1.29, 1.82) is 0 Å². The first-order valence-corrected chi connectivity index (χ1v) is 13.7. The second-order valence-electron chi connectivity index (χ2n) is 4.83. The maximum absolute atomic E-state index is 11.1. The van der Waals surface area contributed by atoms with Gasteiger partial charge >= 0.3 is 119 Å². The van der Waals surface area contributed by atoms with Crippen molar-refractivity contribution in [3.05, 3.63) is 0 Å². The topological polar surface area (TPSA) is 69.6 Å². The summed E-state index contributed by atoms with van der Waals surface area (Å²) in [6.07, 6.45) is 2.41. The van der Waals surface area contributed by atoms with Crippen LogP contribution in [-0.2, 0) is 4.79 Å². The molecule has 1 saturated carbocycles. The summed E-state index contributed by atoms with van der Waals surface area (Å²) in [6.45, 7) is 1.79. The van der Waals surface area contributed by atoms with Crippen molar-refractivity contribution in [1.82, 2.24) is 5.32 Å². The number of nitrogens with one attached hydrogen (secondary N) is 1. The number of aliphatic hydroxyl groups excluding tert-OH is 2. The van der Waals surface area contributed by atoms with Crippen LogP contribution in [0.5, 0.6) is 0 Å². The zero-order chi connectivity index (χ0) is 13.1. The summed E-state index contributed by atoms with van der Waals surface area (Å²) < 4.78 is 0.671. The third kappa shape index (κ3) is 3.82. The van der Waals surface area contributed by atoms with E-state index in [1.54, 1.807) is 0 Å². The van der Waals surface area contributed by atoms with Gasteiger partial charge < -0.3 is 0 Å². The van der Waals surface area contributed by atoms with Crippen molar-refractivity contribution in [2.24, 2.45) is 0 Å². The zero-order valence-electron chi connectivity index (χ0n) is 10.4. The number of hydrogen-bond acceptors (Lipinski definition) is 5. The molecule has 0 aromatic heterocycles. The van der Waals surface area contributed by atoms with Crippen LogP contribution in [0.2, 0.25) is 4.71 Å². The molecule has 2 aliphatic rings. The Morgan fingerprint density at radius 2 is 2.28 bits per heavy atom. The molecule has 1 aliphatic carbocycles. The van der Waals surface area contributed by atoms with E-state index in [0.717, 1.165) is 25.0 Å². The van der Waals surface area contributed by atoms with E-state index in [1.807, 2.05) is 10.0 Å². The Morgan fingerprint density at radius 3 is 2.89 bits per heavy atom. The summed E-state index contributed by atoms with van der Waals surface area (Å²) in [7, 11) is 4.06. The van der Waals surface area contributed by atoms with Crippen LogP contribution in [0.25, 0.3) is 0 Å². The molecule has 1 saturated heterocycles. The molecule has 0 radical (unpaired) electrons. The molecule has 1 amide bonds. The van der Waals surface area contributed by atoms with E-state index >= 15 is 0 Å². The van der Waals surface area contributed by atoms with Gasteiger partial charge in [-0.25, -0.2) is 0 Å². The van der Waals surface area contributed by atoms with Crippen LogP contribution in [0, 0.1) is 0 Å². The molecule has 0 spiro atoms. The van der Waals surface area contributed by atoms with E-state index in [2.05, 4.69) is 15.3 Å². The molecule has 5 atom stereocenters. The number of aliphatic hydroxyl groups is 2. The van der Waals surface area contributed by atoms with Crippen molar-refractivity contribution in [3.63, 3.8) is 0 Å². The number of carbonyl (C=O) groups is 1. The number of rotatable bonds is 3. The van der Waals surface area contributed by atoms with Crippen LogP contribution >= 0.6 is 20.0 Å². The van der Waals surface area contributed by atoms with E-state index in [-0.39, 0.29) is 24.7 Å². The maximum atomic E-state index is 11.1. The third-order valence-corrected chi connectivity index (χ3v) is 19.2. The predicted octanol–water partition coefficient (Wildman–Crippen LogP) is 0.735. The average Bonchev–Trinajstić information content (AvgIpc) is 2.80. The third-order valence-electron chi connectivity index (χ3n) is 3.32. The first kappa shape index (κ1) is 15.0. The summed E-state index contributed by atoms with van der Waals surface area (Å²) in [5.41, 5.74) is 0. The molecule has 0 bridgehead atoms. The van der Waals surface area contributed by atoms with Crippen molar-refractivity contribution in [3.8, 4) is 0 Å². The molecule has 2 rings (SSSR count). The van der Waals surface area contributed by atoms with Crippen molar-refractivity contribution < 1.29 is 15.0 Å². The minimum absolute atomic E-state index is 0.0536. The molecule has 104 valence electrons. The monoisotopic (exact) mass is 353 g/mol. The summed E-state index contributed by atoms with van der Waals surface area (Å²) in [6, 6.07) is -0.0648. The van der Waals surface area contributed by atoms with Crippen LogP contribution < -0.4 is 5.32 Å². The molecule has 3 N–H and O–H groups in total. The van der Waals surface area contributed by atoms with Crippen molar-refractivity contribution in [2.45, 2.75) is 48.3 Å². The van der Waals surface area contributed by atoms with Gasteiger partial charge in [0.1, 0.15) is 0 Å². The predicted molar refractivity (Wildman–Crippen MR) is 77.9 cm³/mol.